The molecule has 1 aliphatic rings. The number of allylic oxidation sites excluding steroid dienone is 1. The maximum atomic E-state index is 11.0. The molecular formula is C7H11N3O2S. The van der Waals surface area contributed by atoms with Crippen molar-refractivity contribution in [2.24, 2.45) is 11.5 Å². The maximum Gasteiger partial charge on any atom is 0.256 e. The second kappa shape index (κ2) is 2.95. The minimum absolute atomic E-state index is 0.362. The smallest absolute Gasteiger partial charge is 0.256 e. The van der Waals surface area contributed by atoms with Crippen molar-refractivity contribution in [3.05, 3.63) is 10.6 Å². The normalized spacial score (nSPS) is 27.2. The Balaban J connectivity index is 2.91. The van der Waals surface area contributed by atoms with E-state index in [9.17, 15) is 9.59 Å². The molecule has 5 nitrogen and oxygen atoms in total. The van der Waals surface area contributed by atoms with Crippen molar-refractivity contribution < 1.29 is 9.59 Å². The number of nitrogens with two attached hydrogens (primary N) is 2. The number of nitrogens with one attached hydrogen (secondary N) is 1. The van der Waals surface area contributed by atoms with Crippen LogP contribution < -0.4 is 16.8 Å². The van der Waals surface area contributed by atoms with E-state index in [0.717, 1.165) is 11.8 Å². The van der Waals surface area contributed by atoms with Gasteiger partial charge in [0.25, 0.3) is 11.8 Å². The fourth-order valence-corrected chi connectivity index (χ4v) is 2.09. The van der Waals surface area contributed by atoms with E-state index in [2.05, 4.69) is 5.32 Å². The van der Waals surface area contributed by atoms with Gasteiger partial charge in [0.05, 0.1) is 4.91 Å². The van der Waals surface area contributed by atoms with E-state index in [1.54, 1.807) is 13.8 Å². The summed E-state index contributed by atoms with van der Waals surface area (Å²) in [5, 5.41) is 2.83. The van der Waals surface area contributed by atoms with Crippen LogP contribution in [0.3, 0.4) is 0 Å². The molecule has 0 fully saturated rings. The highest BCUT2D eigenvalue weighted by atomic mass is 32.2. The summed E-state index contributed by atoms with van der Waals surface area (Å²) in [5.41, 5.74) is 10.9. The SMILES string of the molecule is CC1=C(C(N)=O)SC(C)(C(N)=O)N1. The van der Waals surface area contributed by atoms with E-state index in [0.29, 0.717) is 10.6 Å². The van der Waals surface area contributed by atoms with Gasteiger partial charge >= 0.3 is 0 Å². The Kier molecular flexibility index (Phi) is 2.25. The van der Waals surface area contributed by atoms with Crippen molar-refractivity contribution in [1.29, 1.82) is 0 Å². The Bertz CT molecular complexity index is 313. The number of carbonyl (C=O) groups is 2. The van der Waals surface area contributed by atoms with Crippen molar-refractivity contribution in [3.63, 3.8) is 0 Å². The fraction of sp³-hybridized carbons (Fsp3) is 0.429. The molecule has 6 heteroatoms. The Morgan fingerprint density at radius 1 is 1.46 bits per heavy atom. The summed E-state index contributed by atoms with van der Waals surface area (Å²) in [6.45, 7) is 3.29. The van der Waals surface area contributed by atoms with Gasteiger partial charge in [0.15, 0.2) is 4.87 Å². The van der Waals surface area contributed by atoms with Gasteiger partial charge in [-0.2, -0.15) is 0 Å². The first-order valence-corrected chi connectivity index (χ1v) is 4.46. The van der Waals surface area contributed by atoms with Crippen LogP contribution in [0.1, 0.15) is 13.8 Å². The minimum atomic E-state index is -0.950. The summed E-state index contributed by atoms with van der Waals surface area (Å²) >= 11 is 1.06. The molecule has 2 amide bonds. The second-order valence-corrected chi connectivity index (χ2v) is 4.37. The molecular weight excluding hydrogens is 190 g/mol. The van der Waals surface area contributed by atoms with Crippen molar-refractivity contribution in [1.82, 2.24) is 5.32 Å². The van der Waals surface area contributed by atoms with Crippen molar-refractivity contribution >= 4 is 23.6 Å². The van der Waals surface area contributed by atoms with Gasteiger partial charge in [-0.05, 0) is 13.8 Å². The molecule has 1 heterocycles. The van der Waals surface area contributed by atoms with Crippen molar-refractivity contribution in [3.8, 4) is 0 Å². The molecule has 5 N–H and O–H groups in total. The number of hydrogen-bond acceptors (Lipinski definition) is 4. The van der Waals surface area contributed by atoms with Crippen LogP contribution in [-0.2, 0) is 9.59 Å². The van der Waals surface area contributed by atoms with Crippen LogP contribution in [0.5, 0.6) is 0 Å². The molecule has 13 heavy (non-hydrogen) atoms. The molecule has 72 valence electrons. The zero-order valence-corrected chi connectivity index (χ0v) is 8.20. The predicted molar refractivity (Wildman–Crippen MR) is 50.2 cm³/mol. The van der Waals surface area contributed by atoms with E-state index >= 15 is 0 Å². The zero-order chi connectivity index (χ0) is 10.2. The Morgan fingerprint density at radius 2 is 2.00 bits per heavy atom. The van der Waals surface area contributed by atoms with Crippen molar-refractivity contribution in [2.45, 2.75) is 18.7 Å². The lowest BCUT2D eigenvalue weighted by atomic mass is 10.3. The van der Waals surface area contributed by atoms with Gasteiger partial charge in [0.2, 0.25) is 0 Å². The maximum absolute atomic E-state index is 11.0. The largest absolute Gasteiger partial charge is 0.367 e. The molecule has 0 aromatic heterocycles. The van der Waals surface area contributed by atoms with E-state index < -0.39 is 16.7 Å². The molecule has 0 aromatic carbocycles. The Morgan fingerprint density at radius 3 is 2.23 bits per heavy atom. The lowest BCUT2D eigenvalue weighted by molar-refractivity contribution is -0.120. The van der Waals surface area contributed by atoms with Crippen LogP contribution in [0.4, 0.5) is 0 Å². The Labute approximate surface area is 79.9 Å². The summed E-state index contributed by atoms with van der Waals surface area (Å²) in [7, 11) is 0. The molecule has 1 rings (SSSR count). The topological polar surface area (TPSA) is 98.2 Å². The van der Waals surface area contributed by atoms with Gasteiger partial charge in [-0.15, -0.1) is 0 Å². The number of hydrogen-bond donors (Lipinski definition) is 3. The highest BCUT2D eigenvalue weighted by molar-refractivity contribution is 8.06. The van der Waals surface area contributed by atoms with Crippen LogP contribution in [-0.4, -0.2) is 16.7 Å². The summed E-state index contributed by atoms with van der Waals surface area (Å²) in [6.07, 6.45) is 0. The van der Waals surface area contributed by atoms with Crippen molar-refractivity contribution in [2.75, 3.05) is 0 Å². The first kappa shape index (κ1) is 9.91. The molecule has 1 aliphatic heterocycles. The fourth-order valence-electron chi connectivity index (χ4n) is 1.07. The summed E-state index contributed by atoms with van der Waals surface area (Å²) in [5.74, 6) is -1.06. The number of amides is 2. The van der Waals surface area contributed by atoms with Crippen LogP contribution in [0.25, 0.3) is 0 Å². The Hall–Kier alpha value is -1.17. The molecule has 0 radical (unpaired) electrons. The quantitative estimate of drug-likeness (QED) is 0.547. The molecule has 0 aromatic rings. The van der Waals surface area contributed by atoms with Gasteiger partial charge in [0.1, 0.15) is 0 Å². The van der Waals surface area contributed by atoms with Gasteiger partial charge in [-0.3, -0.25) is 9.59 Å². The predicted octanol–water partition coefficient (Wildman–Crippen LogP) is -0.759. The standard InChI is InChI=1S/C7H11N3O2S/c1-3-4(5(8)11)13-7(2,10-3)6(9)12/h10H,1-2H3,(H2,8,11)(H2,9,12). The third-order valence-electron chi connectivity index (χ3n) is 1.77. The third kappa shape index (κ3) is 1.62. The number of primary amides is 2. The van der Waals surface area contributed by atoms with E-state index in [1.807, 2.05) is 0 Å². The van der Waals surface area contributed by atoms with Crippen LogP contribution >= 0.6 is 11.8 Å². The molecule has 1 atom stereocenters. The molecule has 0 saturated carbocycles. The van der Waals surface area contributed by atoms with E-state index in [-0.39, 0.29) is 0 Å². The average molecular weight is 201 g/mol. The molecule has 0 aliphatic carbocycles. The highest BCUT2D eigenvalue weighted by Crippen LogP contribution is 2.37. The van der Waals surface area contributed by atoms with Gasteiger partial charge in [-0.1, -0.05) is 11.8 Å². The lowest BCUT2D eigenvalue weighted by Gasteiger charge is -2.20. The highest BCUT2D eigenvalue weighted by Gasteiger charge is 2.40. The molecule has 1 unspecified atom stereocenters. The van der Waals surface area contributed by atoms with Crippen LogP contribution in [0.2, 0.25) is 0 Å². The molecule has 0 bridgehead atoms. The summed E-state index contributed by atoms with van der Waals surface area (Å²) in [4.78, 5) is 21.3. The first-order valence-electron chi connectivity index (χ1n) is 3.64. The van der Waals surface area contributed by atoms with Gasteiger partial charge in [0, 0.05) is 5.70 Å². The third-order valence-corrected chi connectivity index (χ3v) is 3.19. The molecule has 0 spiro atoms. The minimum Gasteiger partial charge on any atom is -0.367 e. The number of carbonyl (C=O) groups excluding carboxylic acids is 2. The molecule has 0 saturated heterocycles. The summed E-state index contributed by atoms with van der Waals surface area (Å²) < 4.78 is 0. The van der Waals surface area contributed by atoms with E-state index in [1.165, 1.54) is 0 Å². The van der Waals surface area contributed by atoms with E-state index in [4.69, 9.17) is 11.5 Å². The second-order valence-electron chi connectivity index (χ2n) is 2.94. The van der Waals surface area contributed by atoms with Gasteiger partial charge in [-0.25, -0.2) is 0 Å². The lowest BCUT2D eigenvalue weighted by Crippen LogP contribution is -2.46. The zero-order valence-electron chi connectivity index (χ0n) is 7.38. The van der Waals surface area contributed by atoms with Gasteiger partial charge < -0.3 is 16.8 Å². The number of rotatable bonds is 2. The van der Waals surface area contributed by atoms with Crippen LogP contribution in [0.15, 0.2) is 10.6 Å². The first-order chi connectivity index (χ1) is 5.87. The number of thioether (sulfide) groups is 1. The monoisotopic (exact) mass is 201 g/mol. The average Bonchev–Trinajstić information content (AvgIpc) is 2.28. The van der Waals surface area contributed by atoms with Crippen LogP contribution in [0, 0.1) is 0 Å². The summed E-state index contributed by atoms with van der Waals surface area (Å²) in [6, 6.07) is 0.